The SMILES string of the molecule is CS(=O)(=O)c1cccc(C(=O)NNC(=O)c2ccc(COc3ccccc3)o2)c1. The van der Waals surface area contributed by atoms with E-state index in [9.17, 15) is 18.0 Å². The second-order valence-electron chi connectivity index (χ2n) is 6.08. The maximum Gasteiger partial charge on any atom is 0.305 e. The molecule has 8 nitrogen and oxygen atoms in total. The van der Waals surface area contributed by atoms with Crippen LogP contribution in [0.5, 0.6) is 5.75 Å². The first-order valence-electron chi connectivity index (χ1n) is 8.50. The molecule has 0 saturated carbocycles. The number of hydrogen-bond donors (Lipinski definition) is 2. The van der Waals surface area contributed by atoms with Crippen LogP contribution in [-0.2, 0) is 16.4 Å². The van der Waals surface area contributed by atoms with Crippen molar-refractivity contribution >= 4 is 21.7 Å². The fraction of sp³-hybridized carbons (Fsp3) is 0.100. The number of sulfone groups is 1. The van der Waals surface area contributed by atoms with Crippen LogP contribution in [0.2, 0.25) is 0 Å². The average Bonchev–Trinajstić information content (AvgIpc) is 3.19. The summed E-state index contributed by atoms with van der Waals surface area (Å²) < 4.78 is 34.1. The lowest BCUT2D eigenvalue weighted by atomic mass is 10.2. The van der Waals surface area contributed by atoms with Gasteiger partial charge in [0.25, 0.3) is 5.91 Å². The standard InChI is InChI=1S/C20H18N2O6S/c1-29(25,26)17-9-5-6-14(12-17)19(23)21-22-20(24)18-11-10-16(28-18)13-27-15-7-3-2-4-8-15/h2-12H,13H2,1H3,(H,21,23)(H,22,24). The molecule has 150 valence electrons. The Bertz CT molecular complexity index is 1120. The number of hydrazine groups is 1. The lowest BCUT2D eigenvalue weighted by Crippen LogP contribution is -2.41. The van der Waals surface area contributed by atoms with E-state index in [0.29, 0.717) is 11.5 Å². The van der Waals surface area contributed by atoms with Gasteiger partial charge in [0.2, 0.25) is 0 Å². The zero-order valence-electron chi connectivity index (χ0n) is 15.4. The maximum atomic E-state index is 12.2. The zero-order valence-corrected chi connectivity index (χ0v) is 16.2. The van der Waals surface area contributed by atoms with E-state index in [4.69, 9.17) is 9.15 Å². The molecule has 2 amide bonds. The number of benzene rings is 2. The molecule has 0 aliphatic carbocycles. The Morgan fingerprint density at radius 2 is 1.66 bits per heavy atom. The van der Waals surface area contributed by atoms with E-state index in [2.05, 4.69) is 10.9 Å². The number of rotatable bonds is 6. The molecule has 3 rings (SSSR count). The van der Waals surface area contributed by atoms with Gasteiger partial charge in [-0.15, -0.1) is 0 Å². The lowest BCUT2D eigenvalue weighted by Gasteiger charge is -2.07. The molecule has 0 unspecified atom stereocenters. The summed E-state index contributed by atoms with van der Waals surface area (Å²) in [4.78, 5) is 24.3. The smallest absolute Gasteiger partial charge is 0.305 e. The molecule has 0 saturated heterocycles. The first-order chi connectivity index (χ1) is 13.8. The molecule has 29 heavy (non-hydrogen) atoms. The highest BCUT2D eigenvalue weighted by Crippen LogP contribution is 2.14. The zero-order chi connectivity index (χ0) is 20.9. The topological polar surface area (TPSA) is 115 Å². The van der Waals surface area contributed by atoms with Gasteiger partial charge in [-0.05, 0) is 42.5 Å². The maximum absolute atomic E-state index is 12.2. The highest BCUT2D eigenvalue weighted by atomic mass is 32.2. The third-order valence-corrected chi connectivity index (χ3v) is 4.93. The fourth-order valence-electron chi connectivity index (χ4n) is 2.36. The van der Waals surface area contributed by atoms with Crippen LogP contribution in [0.25, 0.3) is 0 Å². The van der Waals surface area contributed by atoms with E-state index in [0.717, 1.165) is 6.26 Å². The van der Waals surface area contributed by atoms with Gasteiger partial charge in [0.05, 0.1) is 4.90 Å². The molecule has 3 aromatic rings. The van der Waals surface area contributed by atoms with Crippen molar-refractivity contribution in [3.63, 3.8) is 0 Å². The summed E-state index contributed by atoms with van der Waals surface area (Å²) in [7, 11) is -3.45. The lowest BCUT2D eigenvalue weighted by molar-refractivity contribution is 0.0828. The monoisotopic (exact) mass is 414 g/mol. The van der Waals surface area contributed by atoms with E-state index >= 15 is 0 Å². The van der Waals surface area contributed by atoms with Crippen LogP contribution in [0.15, 0.2) is 76.0 Å². The summed E-state index contributed by atoms with van der Waals surface area (Å²) in [6.45, 7) is 0.141. The van der Waals surface area contributed by atoms with Crippen LogP contribution in [0.3, 0.4) is 0 Å². The third kappa shape index (κ3) is 5.45. The number of ether oxygens (including phenoxy) is 1. The number of furan rings is 1. The molecular formula is C20H18N2O6S. The number of amides is 2. The molecule has 2 N–H and O–H groups in total. The number of hydrogen-bond acceptors (Lipinski definition) is 6. The molecule has 0 aliphatic rings. The minimum Gasteiger partial charge on any atom is -0.486 e. The van der Waals surface area contributed by atoms with E-state index in [1.165, 1.54) is 30.3 Å². The van der Waals surface area contributed by atoms with E-state index in [-0.39, 0.29) is 22.8 Å². The summed E-state index contributed by atoms with van der Waals surface area (Å²) in [5.41, 5.74) is 4.53. The third-order valence-electron chi connectivity index (χ3n) is 3.82. The van der Waals surface area contributed by atoms with Gasteiger partial charge in [-0.3, -0.25) is 20.4 Å². The molecule has 0 radical (unpaired) electrons. The van der Waals surface area contributed by atoms with Gasteiger partial charge in [0.15, 0.2) is 15.6 Å². The number of para-hydroxylation sites is 1. The van der Waals surface area contributed by atoms with Crippen molar-refractivity contribution in [1.29, 1.82) is 0 Å². The minimum atomic E-state index is -3.45. The Kier molecular flexibility index (Phi) is 5.99. The first kappa shape index (κ1) is 20.2. The number of nitrogens with one attached hydrogen (secondary N) is 2. The van der Waals surface area contributed by atoms with Crippen LogP contribution in [0.1, 0.15) is 26.7 Å². The highest BCUT2D eigenvalue weighted by Gasteiger charge is 2.15. The Morgan fingerprint density at radius 3 is 2.38 bits per heavy atom. The van der Waals surface area contributed by atoms with Crippen molar-refractivity contribution in [3.05, 3.63) is 83.8 Å². The second-order valence-corrected chi connectivity index (χ2v) is 8.09. The molecule has 0 atom stereocenters. The summed E-state index contributed by atoms with van der Waals surface area (Å²) in [6, 6.07) is 17.7. The van der Waals surface area contributed by atoms with E-state index in [1.54, 1.807) is 18.2 Å². The molecule has 9 heteroatoms. The van der Waals surface area contributed by atoms with Gasteiger partial charge in [-0.25, -0.2) is 8.42 Å². The summed E-state index contributed by atoms with van der Waals surface area (Å²) >= 11 is 0. The van der Waals surface area contributed by atoms with Crippen molar-refractivity contribution < 1.29 is 27.2 Å². The van der Waals surface area contributed by atoms with Crippen molar-refractivity contribution in [2.45, 2.75) is 11.5 Å². The second kappa shape index (κ2) is 8.61. The van der Waals surface area contributed by atoms with E-state index < -0.39 is 21.7 Å². The van der Waals surface area contributed by atoms with Crippen LogP contribution >= 0.6 is 0 Å². The molecular weight excluding hydrogens is 396 g/mol. The van der Waals surface area contributed by atoms with Crippen LogP contribution < -0.4 is 15.6 Å². The summed E-state index contributed by atoms with van der Waals surface area (Å²) in [5.74, 6) is -0.238. The van der Waals surface area contributed by atoms with Crippen molar-refractivity contribution in [3.8, 4) is 5.75 Å². The van der Waals surface area contributed by atoms with Gasteiger partial charge in [0, 0.05) is 11.8 Å². The molecule has 1 aromatic heterocycles. The normalized spacial score (nSPS) is 10.9. The molecule has 0 spiro atoms. The van der Waals surface area contributed by atoms with Gasteiger partial charge < -0.3 is 9.15 Å². The van der Waals surface area contributed by atoms with Gasteiger partial charge >= 0.3 is 5.91 Å². The fourth-order valence-corrected chi connectivity index (χ4v) is 3.03. The van der Waals surface area contributed by atoms with Crippen molar-refractivity contribution in [2.75, 3.05) is 6.26 Å². The van der Waals surface area contributed by atoms with Crippen LogP contribution in [0, 0.1) is 0 Å². The summed E-state index contributed by atoms with van der Waals surface area (Å²) in [5, 5.41) is 0. The van der Waals surface area contributed by atoms with Crippen LogP contribution in [-0.4, -0.2) is 26.5 Å². The van der Waals surface area contributed by atoms with Gasteiger partial charge in [-0.2, -0.15) is 0 Å². The number of carbonyl (C=O) groups excluding carboxylic acids is 2. The molecule has 0 aliphatic heterocycles. The quantitative estimate of drug-likeness (QED) is 0.599. The predicted octanol–water partition coefficient (Wildman–Crippen LogP) is 2.34. The average molecular weight is 414 g/mol. The largest absolute Gasteiger partial charge is 0.486 e. The first-order valence-corrected chi connectivity index (χ1v) is 10.4. The summed E-state index contributed by atoms with van der Waals surface area (Å²) in [6.07, 6.45) is 1.04. The number of carbonyl (C=O) groups is 2. The van der Waals surface area contributed by atoms with Crippen molar-refractivity contribution in [1.82, 2.24) is 10.9 Å². The van der Waals surface area contributed by atoms with Gasteiger partial charge in [0.1, 0.15) is 18.1 Å². The molecule has 0 bridgehead atoms. The Hall–Kier alpha value is -3.59. The minimum absolute atomic E-state index is 0.00516. The Labute approximate surface area is 167 Å². The van der Waals surface area contributed by atoms with E-state index in [1.807, 2.05) is 18.2 Å². The predicted molar refractivity (Wildman–Crippen MR) is 104 cm³/mol. The highest BCUT2D eigenvalue weighted by molar-refractivity contribution is 7.90. The Morgan fingerprint density at radius 1 is 0.931 bits per heavy atom. The van der Waals surface area contributed by atoms with Crippen LogP contribution in [0.4, 0.5) is 0 Å². The molecule has 0 fully saturated rings. The molecule has 1 heterocycles. The Balaban J connectivity index is 1.56. The van der Waals surface area contributed by atoms with Gasteiger partial charge in [-0.1, -0.05) is 24.3 Å². The van der Waals surface area contributed by atoms with Crippen molar-refractivity contribution in [2.24, 2.45) is 0 Å². The molecule has 2 aromatic carbocycles.